The average Bonchev–Trinajstić information content (AvgIpc) is 3.08. The van der Waals surface area contributed by atoms with Crippen LogP contribution in [0.25, 0.3) is 11.1 Å². The van der Waals surface area contributed by atoms with Gasteiger partial charge in [0.05, 0.1) is 19.8 Å². The summed E-state index contributed by atoms with van der Waals surface area (Å²) in [7, 11) is 0. The number of morpholine rings is 1. The van der Waals surface area contributed by atoms with Crippen LogP contribution < -0.4 is 4.90 Å². The maximum Gasteiger partial charge on any atom is 0.410 e. The first-order valence-corrected chi connectivity index (χ1v) is 8.59. The van der Waals surface area contributed by atoms with Crippen LogP contribution >= 0.6 is 0 Å². The van der Waals surface area contributed by atoms with Gasteiger partial charge in [0.15, 0.2) is 0 Å². The van der Waals surface area contributed by atoms with E-state index in [1.54, 1.807) is 4.90 Å². The smallest absolute Gasteiger partial charge is 0.410 e. The molecule has 2 aliphatic rings. The van der Waals surface area contributed by atoms with E-state index in [1.807, 2.05) is 6.20 Å². The van der Waals surface area contributed by atoms with Crippen LogP contribution in [0.1, 0.15) is 5.56 Å². The molecule has 4 rings (SSSR count). The van der Waals surface area contributed by atoms with Gasteiger partial charge in [-0.1, -0.05) is 24.3 Å². The van der Waals surface area contributed by atoms with Crippen LogP contribution in [0.5, 0.6) is 0 Å². The zero-order valence-corrected chi connectivity index (χ0v) is 14.1. The fourth-order valence-electron chi connectivity index (χ4n) is 3.13. The van der Waals surface area contributed by atoms with Crippen LogP contribution in [0.4, 0.5) is 10.6 Å². The molecule has 2 saturated heterocycles. The first-order valence-electron chi connectivity index (χ1n) is 8.59. The molecule has 0 spiro atoms. The first-order chi connectivity index (χ1) is 12.3. The Morgan fingerprint density at radius 2 is 1.68 bits per heavy atom. The van der Waals surface area contributed by atoms with E-state index >= 15 is 0 Å². The van der Waals surface area contributed by atoms with Gasteiger partial charge in [-0.2, -0.15) is 0 Å². The summed E-state index contributed by atoms with van der Waals surface area (Å²) in [5, 5.41) is 0. The molecule has 2 aromatic rings. The number of hydrogen-bond donors (Lipinski definition) is 0. The number of amides is 1. The monoisotopic (exact) mass is 339 g/mol. The molecule has 6 nitrogen and oxygen atoms in total. The number of benzene rings is 1. The van der Waals surface area contributed by atoms with Gasteiger partial charge in [0.1, 0.15) is 12.4 Å². The third-order valence-corrected chi connectivity index (χ3v) is 4.59. The van der Waals surface area contributed by atoms with Crippen molar-refractivity contribution >= 4 is 11.9 Å². The summed E-state index contributed by atoms with van der Waals surface area (Å²) in [6, 6.07) is 12.4. The minimum atomic E-state index is -0.230. The molecule has 0 radical (unpaired) electrons. The molecule has 1 aromatic carbocycles. The van der Waals surface area contributed by atoms with Crippen LogP contribution in [-0.4, -0.2) is 55.4 Å². The van der Waals surface area contributed by atoms with Crippen LogP contribution in [0.2, 0.25) is 0 Å². The Labute approximate surface area is 147 Å². The van der Waals surface area contributed by atoms with Gasteiger partial charge < -0.3 is 19.3 Å². The third-order valence-electron chi connectivity index (χ3n) is 4.59. The van der Waals surface area contributed by atoms with Crippen molar-refractivity contribution in [1.29, 1.82) is 0 Å². The minimum absolute atomic E-state index is 0.230. The highest BCUT2D eigenvalue weighted by Crippen LogP contribution is 2.22. The molecule has 25 heavy (non-hydrogen) atoms. The quantitative estimate of drug-likeness (QED) is 0.857. The summed E-state index contributed by atoms with van der Waals surface area (Å²) in [6.45, 7) is 5.03. The molecule has 0 aliphatic carbocycles. The van der Waals surface area contributed by atoms with Gasteiger partial charge in [-0.25, -0.2) is 9.78 Å². The number of nitrogens with zero attached hydrogens (tertiary/aromatic N) is 3. The summed E-state index contributed by atoms with van der Waals surface area (Å²) < 4.78 is 10.3. The van der Waals surface area contributed by atoms with Crippen molar-refractivity contribution < 1.29 is 14.3 Å². The second kappa shape index (κ2) is 7.11. The fraction of sp³-hybridized carbons (Fsp3) is 0.368. The maximum absolute atomic E-state index is 11.5. The Bertz CT molecular complexity index is 725. The summed E-state index contributed by atoms with van der Waals surface area (Å²) in [6.07, 6.45) is 1.68. The molecule has 2 aliphatic heterocycles. The molecule has 130 valence electrons. The van der Waals surface area contributed by atoms with Crippen molar-refractivity contribution in [2.45, 2.75) is 6.54 Å². The lowest BCUT2D eigenvalue weighted by Gasteiger charge is -2.27. The zero-order chi connectivity index (χ0) is 17.1. The van der Waals surface area contributed by atoms with Crippen LogP contribution in [-0.2, 0) is 16.0 Å². The van der Waals surface area contributed by atoms with E-state index in [0.29, 0.717) is 19.7 Å². The summed E-state index contributed by atoms with van der Waals surface area (Å²) in [5.41, 5.74) is 3.30. The van der Waals surface area contributed by atoms with Crippen molar-refractivity contribution in [3.05, 3.63) is 48.2 Å². The predicted molar refractivity (Wildman–Crippen MR) is 94.5 cm³/mol. The van der Waals surface area contributed by atoms with Gasteiger partial charge in [0, 0.05) is 31.4 Å². The number of carbonyl (C=O) groups excluding carboxylic acids is 1. The molecule has 2 fully saturated rings. The normalized spacial score (nSPS) is 17.7. The third kappa shape index (κ3) is 3.58. The predicted octanol–water partition coefficient (Wildman–Crippen LogP) is 2.54. The number of aromatic nitrogens is 1. The first kappa shape index (κ1) is 15.9. The van der Waals surface area contributed by atoms with E-state index in [9.17, 15) is 4.79 Å². The highest BCUT2D eigenvalue weighted by molar-refractivity contribution is 5.69. The maximum atomic E-state index is 11.5. The van der Waals surface area contributed by atoms with Crippen LogP contribution in [0.15, 0.2) is 42.6 Å². The van der Waals surface area contributed by atoms with E-state index in [-0.39, 0.29) is 6.09 Å². The molecule has 3 heterocycles. The van der Waals surface area contributed by atoms with Gasteiger partial charge >= 0.3 is 6.09 Å². The summed E-state index contributed by atoms with van der Waals surface area (Å²) >= 11 is 0. The van der Waals surface area contributed by atoms with Crippen molar-refractivity contribution in [3.8, 4) is 11.1 Å². The topological polar surface area (TPSA) is 54.9 Å². The average molecular weight is 339 g/mol. The van der Waals surface area contributed by atoms with Gasteiger partial charge in [-0.3, -0.25) is 0 Å². The van der Waals surface area contributed by atoms with E-state index < -0.39 is 0 Å². The largest absolute Gasteiger partial charge is 0.448 e. The zero-order valence-electron chi connectivity index (χ0n) is 14.1. The Balaban J connectivity index is 1.43. The van der Waals surface area contributed by atoms with Crippen molar-refractivity contribution in [2.24, 2.45) is 0 Å². The molecule has 1 amide bonds. The van der Waals surface area contributed by atoms with E-state index in [4.69, 9.17) is 9.47 Å². The number of pyridine rings is 1. The highest BCUT2D eigenvalue weighted by Gasteiger charge is 2.21. The lowest BCUT2D eigenvalue weighted by Crippen LogP contribution is -2.36. The number of carbonyl (C=O) groups is 1. The molecule has 0 N–H and O–H groups in total. The number of hydrogen-bond acceptors (Lipinski definition) is 5. The van der Waals surface area contributed by atoms with Crippen LogP contribution in [0, 0.1) is 0 Å². The molecule has 1 aromatic heterocycles. The molecular formula is C19H21N3O3. The SMILES string of the molecule is O=C1OCCN1Cc1ccc(-c2ccc(N3CCOCC3)nc2)cc1. The fourth-order valence-corrected chi connectivity index (χ4v) is 3.13. The summed E-state index contributed by atoms with van der Waals surface area (Å²) in [4.78, 5) is 20.1. The Kier molecular flexibility index (Phi) is 4.52. The molecule has 0 saturated carbocycles. The number of cyclic esters (lactones) is 1. The molecule has 0 unspecified atom stereocenters. The molecular weight excluding hydrogens is 318 g/mol. The van der Waals surface area contributed by atoms with Crippen molar-refractivity contribution in [2.75, 3.05) is 44.4 Å². The number of rotatable bonds is 4. The van der Waals surface area contributed by atoms with Crippen LogP contribution in [0.3, 0.4) is 0 Å². The van der Waals surface area contributed by atoms with Gasteiger partial charge in [0.25, 0.3) is 0 Å². The van der Waals surface area contributed by atoms with E-state index in [1.165, 1.54) is 0 Å². The van der Waals surface area contributed by atoms with Gasteiger partial charge in [-0.15, -0.1) is 0 Å². The Morgan fingerprint density at radius 3 is 2.32 bits per heavy atom. The van der Waals surface area contributed by atoms with E-state index in [0.717, 1.165) is 48.8 Å². The van der Waals surface area contributed by atoms with Gasteiger partial charge in [-0.05, 0) is 23.3 Å². The van der Waals surface area contributed by atoms with Crippen molar-refractivity contribution in [1.82, 2.24) is 9.88 Å². The number of ether oxygens (including phenoxy) is 2. The number of anilines is 1. The second-order valence-electron chi connectivity index (χ2n) is 6.24. The molecule has 0 bridgehead atoms. The van der Waals surface area contributed by atoms with Crippen molar-refractivity contribution in [3.63, 3.8) is 0 Å². The molecule has 6 heteroatoms. The second-order valence-corrected chi connectivity index (χ2v) is 6.24. The lowest BCUT2D eigenvalue weighted by atomic mass is 10.1. The highest BCUT2D eigenvalue weighted by atomic mass is 16.6. The minimum Gasteiger partial charge on any atom is -0.448 e. The van der Waals surface area contributed by atoms with E-state index in [2.05, 4.69) is 46.3 Å². The van der Waals surface area contributed by atoms with Gasteiger partial charge in [0.2, 0.25) is 0 Å². The summed E-state index contributed by atoms with van der Waals surface area (Å²) in [5.74, 6) is 0.996. The standard InChI is InChI=1S/C19H21N3O3/c23-19-22(9-12-25-19)14-15-1-3-16(4-2-15)17-5-6-18(20-13-17)21-7-10-24-11-8-21/h1-6,13H,7-12,14H2. The Morgan fingerprint density at radius 1 is 0.920 bits per heavy atom. The Hall–Kier alpha value is -2.60. The lowest BCUT2D eigenvalue weighted by molar-refractivity contribution is 0.122. The molecule has 0 atom stereocenters.